The Morgan fingerprint density at radius 1 is 1.19 bits per heavy atom. The Morgan fingerprint density at radius 3 is 1.75 bits per heavy atom. The van der Waals surface area contributed by atoms with Crippen LogP contribution < -0.4 is 18.9 Å². The van der Waals surface area contributed by atoms with Gasteiger partial charge in [0.05, 0.1) is 11.4 Å². The molecule has 0 aromatic heterocycles. The van der Waals surface area contributed by atoms with E-state index in [9.17, 15) is 0 Å². The molecule has 0 aliphatic heterocycles. The molecule has 3 nitrogen and oxygen atoms in total. The molecule has 1 aromatic carbocycles. The summed E-state index contributed by atoms with van der Waals surface area (Å²) in [5, 5.41) is 0. The van der Waals surface area contributed by atoms with E-state index in [1.165, 1.54) is 16.7 Å². The van der Waals surface area contributed by atoms with Gasteiger partial charge in [-0.25, -0.2) is 4.21 Å². The largest absolute Gasteiger partial charge is 1.00 e. The first-order chi connectivity index (χ1) is 6.99. The van der Waals surface area contributed by atoms with Crippen LogP contribution in [-0.4, -0.2) is 13.3 Å². The molecular weight excluding hydrogens is 219 g/mol. The van der Waals surface area contributed by atoms with Gasteiger partial charge in [-0.1, -0.05) is 37.6 Å². The normalized spacial score (nSPS) is 10.8. The molecule has 5 heteroatoms. The number of benzene rings is 1. The second-order valence-corrected chi connectivity index (χ2v) is 3.69. The Kier molecular flexibility index (Phi) is 11.5. The minimum absolute atomic E-state index is 0. The molecule has 1 unspecified atom stereocenters. The van der Waals surface area contributed by atoms with Gasteiger partial charge in [-0.3, -0.25) is 0 Å². The molecule has 86 valence electrons. The molecule has 0 spiro atoms. The van der Waals surface area contributed by atoms with Crippen LogP contribution in [0.3, 0.4) is 0 Å². The van der Waals surface area contributed by atoms with Gasteiger partial charge in [-0.15, -0.1) is 0 Å². The summed E-state index contributed by atoms with van der Waals surface area (Å²) in [6.45, 7) is 6.57. The van der Waals surface area contributed by atoms with E-state index in [4.69, 9.17) is 13.3 Å². The Hall–Kier alpha value is -0.113. The van der Waals surface area contributed by atoms with E-state index in [1.807, 2.05) is 0 Å². The third kappa shape index (κ3) is 9.14. The molecular formula is C11H17LiO3S. The minimum Gasteiger partial charge on any atom is -0.750 e. The maximum atomic E-state index is 8.56. The third-order valence-electron chi connectivity index (χ3n) is 2.01. The Balaban J connectivity index is 0. The summed E-state index contributed by atoms with van der Waals surface area (Å²) < 4.78 is 24.1. The molecule has 0 bridgehead atoms. The van der Waals surface area contributed by atoms with Crippen LogP contribution >= 0.6 is 0 Å². The molecule has 0 aliphatic rings. The first-order valence-corrected chi connectivity index (χ1v) is 5.90. The predicted octanol–water partition coefficient (Wildman–Crippen LogP) is -0.538. The van der Waals surface area contributed by atoms with Gasteiger partial charge in [-0.05, 0) is 30.9 Å². The van der Waals surface area contributed by atoms with E-state index in [-0.39, 0.29) is 18.9 Å². The van der Waals surface area contributed by atoms with Crippen molar-refractivity contribution in [2.45, 2.75) is 33.6 Å². The Morgan fingerprint density at radius 2 is 1.50 bits per heavy atom. The van der Waals surface area contributed by atoms with Crippen LogP contribution in [0, 0.1) is 6.92 Å². The zero-order valence-corrected chi connectivity index (χ0v) is 11.1. The van der Waals surface area contributed by atoms with Gasteiger partial charge in [0.15, 0.2) is 0 Å². The molecule has 1 aromatic rings. The third-order valence-corrected chi connectivity index (χ3v) is 2.01. The van der Waals surface area contributed by atoms with E-state index in [0.717, 1.165) is 12.8 Å². The summed E-state index contributed by atoms with van der Waals surface area (Å²) in [6, 6.07) is 6.82. The van der Waals surface area contributed by atoms with Crippen molar-refractivity contribution in [1.82, 2.24) is 0 Å². The zero-order chi connectivity index (χ0) is 11.8. The second-order valence-electron chi connectivity index (χ2n) is 3.25. The molecule has 16 heavy (non-hydrogen) atoms. The van der Waals surface area contributed by atoms with Crippen LogP contribution in [-0.2, 0) is 24.2 Å². The van der Waals surface area contributed by atoms with Crippen LogP contribution in [0.1, 0.15) is 30.5 Å². The van der Waals surface area contributed by atoms with Crippen LogP contribution in [0.25, 0.3) is 0 Å². The molecule has 1 atom stereocenters. The average molecular weight is 236 g/mol. The second kappa shape index (κ2) is 10.1. The summed E-state index contributed by atoms with van der Waals surface area (Å²) in [4.78, 5) is 0. The molecule has 0 saturated heterocycles. The maximum Gasteiger partial charge on any atom is 1.00 e. The van der Waals surface area contributed by atoms with Crippen molar-refractivity contribution in [2.75, 3.05) is 0 Å². The molecule has 0 fully saturated rings. The molecule has 0 radical (unpaired) electrons. The molecule has 1 N–H and O–H groups in total. The topological polar surface area (TPSA) is 60.4 Å². The van der Waals surface area contributed by atoms with Crippen LogP contribution in [0.15, 0.2) is 18.2 Å². The molecule has 1 rings (SSSR count). The predicted molar refractivity (Wildman–Crippen MR) is 61.5 cm³/mol. The fraction of sp³-hybridized carbons (Fsp3) is 0.455. The van der Waals surface area contributed by atoms with Gasteiger partial charge in [0.1, 0.15) is 0 Å². The first-order valence-electron chi connectivity index (χ1n) is 4.87. The Bertz CT molecular complexity index is 303. The van der Waals surface area contributed by atoms with Gasteiger partial charge in [0.2, 0.25) is 0 Å². The number of aryl methyl sites for hydroxylation is 3. The van der Waals surface area contributed by atoms with Crippen molar-refractivity contribution in [3.63, 3.8) is 0 Å². The maximum absolute atomic E-state index is 8.56. The SMILES string of the molecule is CCc1cc(C)cc(CC)c1.O=S([O-])O.[Li+]. The summed E-state index contributed by atoms with van der Waals surface area (Å²) in [5.74, 6) is 0. The fourth-order valence-electron chi connectivity index (χ4n) is 1.36. The number of hydrogen-bond acceptors (Lipinski definition) is 2. The van der Waals surface area contributed by atoms with Gasteiger partial charge in [0, 0.05) is 0 Å². The summed E-state index contributed by atoms with van der Waals surface area (Å²) in [5.41, 5.74) is 4.31. The van der Waals surface area contributed by atoms with Crippen LogP contribution in [0.4, 0.5) is 0 Å². The van der Waals surface area contributed by atoms with E-state index >= 15 is 0 Å². The van der Waals surface area contributed by atoms with Gasteiger partial charge < -0.3 is 9.11 Å². The monoisotopic (exact) mass is 236 g/mol. The van der Waals surface area contributed by atoms with E-state index in [2.05, 4.69) is 39.0 Å². The molecule has 0 saturated carbocycles. The average Bonchev–Trinajstić information content (AvgIpc) is 2.15. The van der Waals surface area contributed by atoms with Crippen LogP contribution in [0.5, 0.6) is 0 Å². The smallest absolute Gasteiger partial charge is 0.750 e. The van der Waals surface area contributed by atoms with E-state index in [0.29, 0.717) is 0 Å². The van der Waals surface area contributed by atoms with Crippen molar-refractivity contribution in [1.29, 1.82) is 0 Å². The summed E-state index contributed by atoms with van der Waals surface area (Å²) in [7, 11) is 0. The first kappa shape index (κ1) is 18.3. The minimum atomic E-state index is -2.86. The van der Waals surface area contributed by atoms with E-state index < -0.39 is 11.4 Å². The zero-order valence-electron chi connectivity index (χ0n) is 10.3. The fourth-order valence-corrected chi connectivity index (χ4v) is 1.36. The standard InChI is InChI=1S/C11H16.Li.H2O3S/c1-4-10-6-9(3)7-11(5-2)8-10;;1-4(2)3/h6-8H,4-5H2,1-3H3;;(H2,1,2,3)/q;+1;/p-1. The molecule has 0 heterocycles. The van der Waals surface area contributed by atoms with Crippen molar-refractivity contribution in [3.8, 4) is 0 Å². The summed E-state index contributed by atoms with van der Waals surface area (Å²) >= 11 is -2.86. The summed E-state index contributed by atoms with van der Waals surface area (Å²) in [6.07, 6.45) is 2.30. The number of hydrogen-bond donors (Lipinski definition) is 1. The Labute approximate surface area is 112 Å². The van der Waals surface area contributed by atoms with E-state index in [1.54, 1.807) is 0 Å². The molecule has 0 amide bonds. The van der Waals surface area contributed by atoms with Gasteiger partial charge in [0.25, 0.3) is 0 Å². The van der Waals surface area contributed by atoms with Crippen molar-refractivity contribution >= 4 is 11.4 Å². The van der Waals surface area contributed by atoms with Crippen molar-refractivity contribution in [2.24, 2.45) is 0 Å². The van der Waals surface area contributed by atoms with Crippen LogP contribution in [0.2, 0.25) is 0 Å². The number of rotatable bonds is 2. The quantitative estimate of drug-likeness (QED) is 0.554. The van der Waals surface area contributed by atoms with Crippen molar-refractivity contribution < 1.29 is 32.2 Å². The van der Waals surface area contributed by atoms with Gasteiger partial charge in [-0.2, -0.15) is 0 Å². The van der Waals surface area contributed by atoms with Crippen molar-refractivity contribution in [3.05, 3.63) is 34.9 Å². The molecule has 0 aliphatic carbocycles. The van der Waals surface area contributed by atoms with Gasteiger partial charge >= 0.3 is 18.9 Å².